The van der Waals surface area contributed by atoms with Crippen LogP contribution >= 0.6 is 11.6 Å². The Balaban J connectivity index is 1.54. The summed E-state index contributed by atoms with van der Waals surface area (Å²) >= 11 is 5.88. The molecule has 3 aromatic carbocycles. The highest BCUT2D eigenvalue weighted by Gasteiger charge is 2.14. The van der Waals surface area contributed by atoms with Crippen LogP contribution in [-0.2, 0) is 17.9 Å². The average molecular weight is 421 g/mol. The SMILES string of the molecule is O=c1c2ccccc2c(-c2ccccc2)nn1CC(O)COCc1ccc(Cl)cc1. The Labute approximate surface area is 179 Å². The standard InChI is InChI=1S/C24H21ClN2O3/c25-19-12-10-17(11-13-19)15-30-16-20(28)14-27-24(29)22-9-5-4-8-21(22)23(26-27)18-6-2-1-3-7-18/h1-13,20,28H,14-16H2. The summed E-state index contributed by atoms with van der Waals surface area (Å²) in [6.45, 7) is 0.484. The molecule has 1 heterocycles. The molecule has 1 aromatic heterocycles. The maximum absolute atomic E-state index is 12.9. The van der Waals surface area contributed by atoms with Gasteiger partial charge in [-0.1, -0.05) is 72.3 Å². The van der Waals surface area contributed by atoms with Gasteiger partial charge in [-0.3, -0.25) is 4.79 Å². The molecule has 0 spiro atoms. The van der Waals surface area contributed by atoms with E-state index in [1.54, 1.807) is 18.2 Å². The molecule has 0 bridgehead atoms. The minimum atomic E-state index is -0.868. The van der Waals surface area contributed by atoms with Gasteiger partial charge in [-0.05, 0) is 23.8 Å². The van der Waals surface area contributed by atoms with Crippen molar-refractivity contribution in [3.63, 3.8) is 0 Å². The number of rotatable bonds is 7. The van der Waals surface area contributed by atoms with Gasteiger partial charge in [0.05, 0.1) is 36.9 Å². The predicted octanol–water partition coefficient (Wildman–Crippen LogP) is 4.29. The molecule has 0 saturated heterocycles. The lowest BCUT2D eigenvalue weighted by molar-refractivity contribution is 0.0181. The maximum Gasteiger partial charge on any atom is 0.274 e. The maximum atomic E-state index is 12.9. The summed E-state index contributed by atoms with van der Waals surface area (Å²) in [5.41, 5.74) is 2.34. The molecule has 4 aromatic rings. The van der Waals surface area contributed by atoms with Crippen molar-refractivity contribution in [1.29, 1.82) is 0 Å². The number of fused-ring (bicyclic) bond motifs is 1. The summed E-state index contributed by atoms with van der Waals surface area (Å²) in [7, 11) is 0. The van der Waals surface area contributed by atoms with Crippen molar-refractivity contribution in [1.82, 2.24) is 9.78 Å². The van der Waals surface area contributed by atoms with E-state index in [4.69, 9.17) is 16.3 Å². The number of halogens is 1. The van der Waals surface area contributed by atoms with Crippen molar-refractivity contribution in [3.05, 3.63) is 99.8 Å². The average Bonchev–Trinajstić information content (AvgIpc) is 2.78. The van der Waals surface area contributed by atoms with Gasteiger partial charge < -0.3 is 9.84 Å². The van der Waals surface area contributed by atoms with E-state index in [0.717, 1.165) is 16.5 Å². The first-order valence-electron chi connectivity index (χ1n) is 9.67. The Morgan fingerprint density at radius 2 is 1.60 bits per heavy atom. The van der Waals surface area contributed by atoms with E-state index in [2.05, 4.69) is 5.10 Å². The van der Waals surface area contributed by atoms with Crippen LogP contribution in [0.1, 0.15) is 5.56 Å². The van der Waals surface area contributed by atoms with Crippen LogP contribution in [0, 0.1) is 0 Å². The molecule has 5 nitrogen and oxygen atoms in total. The minimum absolute atomic E-state index is 0.0458. The Kier molecular flexibility index (Phi) is 6.23. The highest BCUT2D eigenvalue weighted by molar-refractivity contribution is 6.30. The van der Waals surface area contributed by atoms with Crippen molar-refractivity contribution in [2.24, 2.45) is 0 Å². The third kappa shape index (κ3) is 4.60. The van der Waals surface area contributed by atoms with Crippen LogP contribution in [0.2, 0.25) is 5.02 Å². The van der Waals surface area contributed by atoms with Crippen LogP contribution in [0.3, 0.4) is 0 Å². The molecule has 0 aliphatic rings. The molecule has 0 fully saturated rings. The first-order chi connectivity index (χ1) is 14.6. The second-order valence-corrected chi connectivity index (χ2v) is 7.48. The molecular weight excluding hydrogens is 400 g/mol. The molecule has 4 rings (SSSR count). The van der Waals surface area contributed by atoms with Crippen molar-refractivity contribution >= 4 is 22.4 Å². The predicted molar refractivity (Wildman–Crippen MR) is 119 cm³/mol. The zero-order valence-electron chi connectivity index (χ0n) is 16.2. The largest absolute Gasteiger partial charge is 0.389 e. The molecule has 30 heavy (non-hydrogen) atoms. The molecule has 152 valence electrons. The van der Waals surface area contributed by atoms with E-state index in [9.17, 15) is 9.90 Å². The normalized spacial score (nSPS) is 12.2. The van der Waals surface area contributed by atoms with Crippen LogP contribution in [0.5, 0.6) is 0 Å². The molecular formula is C24H21ClN2O3. The van der Waals surface area contributed by atoms with Crippen molar-refractivity contribution in [2.75, 3.05) is 6.61 Å². The number of benzene rings is 3. The number of aliphatic hydroxyl groups excluding tert-OH is 1. The Hall–Kier alpha value is -2.99. The monoisotopic (exact) mass is 420 g/mol. The quantitative estimate of drug-likeness (QED) is 0.484. The summed E-state index contributed by atoms with van der Waals surface area (Å²) in [6, 6.07) is 24.4. The molecule has 1 atom stereocenters. The molecule has 0 radical (unpaired) electrons. The number of aromatic nitrogens is 2. The molecule has 0 aliphatic heterocycles. The summed E-state index contributed by atoms with van der Waals surface area (Å²) in [4.78, 5) is 12.9. The summed E-state index contributed by atoms with van der Waals surface area (Å²) < 4.78 is 6.92. The molecule has 0 amide bonds. The number of aliphatic hydroxyl groups is 1. The van der Waals surface area contributed by atoms with Gasteiger partial charge >= 0.3 is 0 Å². The number of nitrogens with zero attached hydrogens (tertiary/aromatic N) is 2. The van der Waals surface area contributed by atoms with Crippen LogP contribution in [0.25, 0.3) is 22.0 Å². The lowest BCUT2D eigenvalue weighted by atomic mass is 10.1. The second-order valence-electron chi connectivity index (χ2n) is 7.04. The molecule has 1 N–H and O–H groups in total. The second kappa shape index (κ2) is 9.22. The van der Waals surface area contributed by atoms with Gasteiger partial charge in [0.1, 0.15) is 0 Å². The van der Waals surface area contributed by atoms with E-state index < -0.39 is 6.10 Å². The van der Waals surface area contributed by atoms with Gasteiger partial charge in [-0.15, -0.1) is 0 Å². The highest BCUT2D eigenvalue weighted by Crippen LogP contribution is 2.24. The van der Waals surface area contributed by atoms with E-state index in [1.165, 1.54) is 4.68 Å². The van der Waals surface area contributed by atoms with Crippen LogP contribution in [0.4, 0.5) is 0 Å². The number of hydrogen-bond acceptors (Lipinski definition) is 4. The Morgan fingerprint density at radius 1 is 0.933 bits per heavy atom. The lowest BCUT2D eigenvalue weighted by Crippen LogP contribution is -2.31. The van der Waals surface area contributed by atoms with E-state index >= 15 is 0 Å². The van der Waals surface area contributed by atoms with Gasteiger partial charge in [0.15, 0.2) is 0 Å². The van der Waals surface area contributed by atoms with Gasteiger partial charge in [0, 0.05) is 16.0 Å². The van der Waals surface area contributed by atoms with Gasteiger partial charge in [-0.2, -0.15) is 5.10 Å². The smallest absolute Gasteiger partial charge is 0.274 e. The summed E-state index contributed by atoms with van der Waals surface area (Å²) in [5.74, 6) is 0. The fraction of sp³-hybridized carbons (Fsp3) is 0.167. The molecule has 0 aliphatic carbocycles. The van der Waals surface area contributed by atoms with Gasteiger partial charge in [-0.25, -0.2) is 4.68 Å². The van der Waals surface area contributed by atoms with Gasteiger partial charge in [0.2, 0.25) is 0 Å². The van der Waals surface area contributed by atoms with Crippen molar-refractivity contribution < 1.29 is 9.84 Å². The van der Waals surface area contributed by atoms with Crippen molar-refractivity contribution in [2.45, 2.75) is 19.3 Å². The summed E-state index contributed by atoms with van der Waals surface area (Å²) in [5, 5.41) is 17.0. The minimum Gasteiger partial charge on any atom is -0.389 e. The lowest BCUT2D eigenvalue weighted by Gasteiger charge is -2.15. The van der Waals surface area contributed by atoms with Crippen LogP contribution in [-0.4, -0.2) is 27.6 Å². The van der Waals surface area contributed by atoms with E-state index in [0.29, 0.717) is 22.7 Å². The summed E-state index contributed by atoms with van der Waals surface area (Å²) in [6.07, 6.45) is -0.868. The van der Waals surface area contributed by atoms with Crippen molar-refractivity contribution in [3.8, 4) is 11.3 Å². The first-order valence-corrected chi connectivity index (χ1v) is 10.0. The first kappa shape index (κ1) is 20.3. The number of ether oxygens (including phenoxy) is 1. The van der Waals surface area contributed by atoms with Gasteiger partial charge in [0.25, 0.3) is 5.56 Å². The zero-order chi connectivity index (χ0) is 20.9. The fourth-order valence-electron chi connectivity index (χ4n) is 3.31. The molecule has 1 unspecified atom stereocenters. The molecule has 6 heteroatoms. The van der Waals surface area contributed by atoms with E-state index in [-0.39, 0.29) is 18.7 Å². The Morgan fingerprint density at radius 3 is 2.33 bits per heavy atom. The zero-order valence-corrected chi connectivity index (χ0v) is 17.0. The fourth-order valence-corrected chi connectivity index (χ4v) is 3.44. The van der Waals surface area contributed by atoms with E-state index in [1.807, 2.05) is 60.7 Å². The topological polar surface area (TPSA) is 64.4 Å². The highest BCUT2D eigenvalue weighted by atomic mass is 35.5. The van der Waals surface area contributed by atoms with Crippen LogP contribution < -0.4 is 5.56 Å². The molecule has 0 saturated carbocycles. The third-order valence-corrected chi connectivity index (χ3v) is 5.04. The third-order valence-electron chi connectivity index (χ3n) is 4.79. The Bertz CT molecular complexity index is 1190. The number of hydrogen-bond donors (Lipinski definition) is 1. The van der Waals surface area contributed by atoms with Crippen LogP contribution in [0.15, 0.2) is 83.7 Å².